The van der Waals surface area contributed by atoms with Crippen LogP contribution in [0.2, 0.25) is 0 Å². The molecule has 1 amide bonds. The van der Waals surface area contributed by atoms with Crippen LogP contribution in [-0.4, -0.2) is 19.6 Å². The van der Waals surface area contributed by atoms with Gasteiger partial charge >= 0.3 is 0 Å². The summed E-state index contributed by atoms with van der Waals surface area (Å²) in [7, 11) is 1.70. The highest BCUT2D eigenvalue weighted by Gasteiger charge is 2.15. The summed E-state index contributed by atoms with van der Waals surface area (Å²) in [6.07, 6.45) is 0. The minimum absolute atomic E-state index is 0.0913. The Kier molecular flexibility index (Phi) is 5.35. The second-order valence-corrected chi connectivity index (χ2v) is 6.96. The van der Waals surface area contributed by atoms with Crippen molar-refractivity contribution < 1.29 is 13.9 Å². The summed E-state index contributed by atoms with van der Waals surface area (Å²) < 4.78 is 11.6. The first-order chi connectivity index (χ1) is 14.5. The monoisotopic (exact) mass is 399 g/mol. The van der Waals surface area contributed by atoms with Crippen molar-refractivity contribution in [3.8, 4) is 16.9 Å². The maximum atomic E-state index is 13.0. The quantitative estimate of drug-likeness (QED) is 0.483. The van der Waals surface area contributed by atoms with E-state index in [0.717, 1.165) is 11.3 Å². The van der Waals surface area contributed by atoms with E-state index in [9.17, 15) is 9.59 Å². The van der Waals surface area contributed by atoms with Gasteiger partial charge in [-0.2, -0.15) is 0 Å². The van der Waals surface area contributed by atoms with Gasteiger partial charge in [0.2, 0.25) is 5.43 Å². The summed E-state index contributed by atoms with van der Waals surface area (Å²) in [5.41, 5.74) is 2.50. The number of hydrogen-bond acceptors (Lipinski definition) is 4. The normalized spacial score (nSPS) is 10.7. The van der Waals surface area contributed by atoms with Crippen LogP contribution < -0.4 is 15.1 Å². The van der Waals surface area contributed by atoms with E-state index in [2.05, 4.69) is 0 Å². The highest BCUT2D eigenvalue weighted by atomic mass is 16.5. The fourth-order valence-electron chi connectivity index (χ4n) is 3.35. The fraction of sp³-hybridized carbons (Fsp3) is 0.120. The molecule has 1 heterocycles. The Morgan fingerprint density at radius 1 is 0.967 bits per heavy atom. The van der Waals surface area contributed by atoms with E-state index in [1.54, 1.807) is 32.2 Å². The van der Waals surface area contributed by atoms with E-state index >= 15 is 0 Å². The molecule has 0 N–H and O–H groups in total. The zero-order valence-electron chi connectivity index (χ0n) is 16.8. The molecule has 4 aromatic rings. The molecule has 0 aliphatic carbocycles. The average Bonchev–Trinajstić information content (AvgIpc) is 2.78. The lowest BCUT2D eigenvalue weighted by Gasteiger charge is -2.17. The van der Waals surface area contributed by atoms with E-state index in [1.165, 1.54) is 4.90 Å². The lowest BCUT2D eigenvalue weighted by Crippen LogP contribution is -2.31. The maximum absolute atomic E-state index is 13.0. The molecule has 0 saturated heterocycles. The van der Waals surface area contributed by atoms with Crippen molar-refractivity contribution in [3.05, 3.63) is 94.8 Å². The molecule has 0 radical (unpaired) electrons. The van der Waals surface area contributed by atoms with Gasteiger partial charge in [-0.15, -0.1) is 0 Å². The number of ether oxygens (including phenoxy) is 1. The Labute approximate surface area is 174 Å². The smallest absolute Gasteiger partial charge is 0.264 e. The van der Waals surface area contributed by atoms with Crippen LogP contribution in [0.25, 0.3) is 22.1 Å². The summed E-state index contributed by atoms with van der Waals surface area (Å²) in [6.45, 7) is 1.65. The molecule has 4 rings (SSSR count). The fourth-order valence-corrected chi connectivity index (χ4v) is 3.35. The minimum atomic E-state index is -0.182. The van der Waals surface area contributed by atoms with Gasteiger partial charge in [0.15, 0.2) is 6.61 Å². The van der Waals surface area contributed by atoms with Crippen molar-refractivity contribution in [1.82, 2.24) is 0 Å². The van der Waals surface area contributed by atoms with Gasteiger partial charge in [0, 0.05) is 18.8 Å². The van der Waals surface area contributed by atoms with Crippen LogP contribution in [0, 0.1) is 6.92 Å². The Morgan fingerprint density at radius 3 is 2.33 bits per heavy atom. The van der Waals surface area contributed by atoms with Gasteiger partial charge in [0.1, 0.15) is 17.1 Å². The molecule has 30 heavy (non-hydrogen) atoms. The predicted molar refractivity (Wildman–Crippen MR) is 118 cm³/mol. The van der Waals surface area contributed by atoms with Crippen molar-refractivity contribution in [1.29, 1.82) is 0 Å². The number of nitrogens with zero attached hydrogens (tertiary/aromatic N) is 1. The lowest BCUT2D eigenvalue weighted by molar-refractivity contribution is -0.120. The van der Waals surface area contributed by atoms with Crippen molar-refractivity contribution >= 4 is 22.6 Å². The highest BCUT2D eigenvalue weighted by molar-refractivity contribution is 5.94. The first kappa shape index (κ1) is 19.5. The minimum Gasteiger partial charge on any atom is -0.484 e. The van der Waals surface area contributed by atoms with E-state index in [4.69, 9.17) is 9.15 Å². The molecule has 0 fully saturated rings. The molecule has 5 nitrogen and oxygen atoms in total. The SMILES string of the molecule is Cc1oc2cc(OCC(=O)N(C)c3ccccc3)ccc2c(=O)c1-c1ccccc1. The molecule has 0 atom stereocenters. The third-order valence-corrected chi connectivity index (χ3v) is 4.98. The van der Waals surface area contributed by atoms with Crippen molar-refractivity contribution in [2.75, 3.05) is 18.6 Å². The highest BCUT2D eigenvalue weighted by Crippen LogP contribution is 2.26. The van der Waals surface area contributed by atoms with Gasteiger partial charge in [-0.25, -0.2) is 0 Å². The van der Waals surface area contributed by atoms with E-state index in [1.807, 2.05) is 60.7 Å². The first-order valence-corrected chi connectivity index (χ1v) is 9.62. The second kappa shape index (κ2) is 8.25. The summed E-state index contributed by atoms with van der Waals surface area (Å²) >= 11 is 0. The number of anilines is 1. The van der Waals surface area contributed by atoms with Crippen LogP contribution >= 0.6 is 0 Å². The number of carbonyl (C=O) groups excluding carboxylic acids is 1. The molecule has 0 aliphatic rings. The Balaban J connectivity index is 1.57. The number of para-hydroxylation sites is 1. The largest absolute Gasteiger partial charge is 0.484 e. The molecule has 0 saturated carbocycles. The average molecular weight is 399 g/mol. The van der Waals surface area contributed by atoms with Crippen LogP contribution in [0.15, 0.2) is 88.1 Å². The van der Waals surface area contributed by atoms with E-state index in [-0.39, 0.29) is 17.9 Å². The van der Waals surface area contributed by atoms with Gasteiger partial charge in [-0.1, -0.05) is 48.5 Å². The van der Waals surface area contributed by atoms with Crippen molar-refractivity contribution in [2.24, 2.45) is 0 Å². The molecule has 3 aromatic carbocycles. The van der Waals surface area contributed by atoms with Crippen LogP contribution in [0.5, 0.6) is 5.75 Å². The lowest BCUT2D eigenvalue weighted by atomic mass is 10.0. The Morgan fingerprint density at radius 2 is 1.63 bits per heavy atom. The molecule has 0 aliphatic heterocycles. The molecular formula is C25H21NO4. The van der Waals surface area contributed by atoms with Crippen LogP contribution in [0.4, 0.5) is 5.69 Å². The zero-order valence-corrected chi connectivity index (χ0v) is 16.8. The first-order valence-electron chi connectivity index (χ1n) is 9.62. The Bertz CT molecular complexity index is 1250. The third kappa shape index (κ3) is 3.82. The molecule has 0 spiro atoms. The van der Waals surface area contributed by atoms with Gasteiger partial charge in [0.05, 0.1) is 10.9 Å². The number of amides is 1. The van der Waals surface area contributed by atoms with Crippen LogP contribution in [-0.2, 0) is 4.79 Å². The second-order valence-electron chi connectivity index (χ2n) is 6.96. The summed E-state index contributed by atoms with van der Waals surface area (Å²) in [6, 6.07) is 23.8. The maximum Gasteiger partial charge on any atom is 0.264 e. The molecule has 0 unspecified atom stereocenters. The van der Waals surface area contributed by atoms with E-state index < -0.39 is 0 Å². The number of rotatable bonds is 5. The number of benzene rings is 3. The van der Waals surface area contributed by atoms with Gasteiger partial charge in [-0.3, -0.25) is 9.59 Å². The third-order valence-electron chi connectivity index (χ3n) is 4.98. The van der Waals surface area contributed by atoms with Gasteiger partial charge < -0.3 is 14.1 Å². The molecule has 0 bridgehead atoms. The van der Waals surface area contributed by atoms with Crippen molar-refractivity contribution in [2.45, 2.75) is 6.92 Å². The zero-order chi connectivity index (χ0) is 21.1. The van der Waals surface area contributed by atoms with Crippen LogP contribution in [0.3, 0.4) is 0 Å². The Hall–Kier alpha value is -3.86. The summed E-state index contributed by atoms with van der Waals surface area (Å²) in [5, 5.41) is 0.472. The molecule has 150 valence electrons. The van der Waals surface area contributed by atoms with Crippen LogP contribution in [0.1, 0.15) is 5.76 Å². The van der Waals surface area contributed by atoms with E-state index in [0.29, 0.717) is 28.0 Å². The molecular weight excluding hydrogens is 378 g/mol. The van der Waals surface area contributed by atoms with Gasteiger partial charge in [0.25, 0.3) is 5.91 Å². The predicted octanol–water partition coefficient (Wildman–Crippen LogP) is 4.81. The van der Waals surface area contributed by atoms with Crippen molar-refractivity contribution in [3.63, 3.8) is 0 Å². The summed E-state index contributed by atoms with van der Waals surface area (Å²) in [5.74, 6) is 0.821. The topological polar surface area (TPSA) is 59.8 Å². The number of likely N-dealkylation sites (N-methyl/N-ethyl adjacent to an activating group) is 1. The number of fused-ring (bicyclic) bond motifs is 1. The number of aryl methyl sites for hydroxylation is 1. The summed E-state index contributed by atoms with van der Waals surface area (Å²) in [4.78, 5) is 27.0. The molecule has 1 aromatic heterocycles. The standard InChI is InChI=1S/C25H21NO4/c1-17-24(18-9-5-3-6-10-18)25(28)21-14-13-20(15-22(21)30-17)29-16-23(27)26(2)19-11-7-4-8-12-19/h3-15H,16H2,1-2H3. The molecule has 5 heteroatoms. The van der Waals surface area contributed by atoms with Gasteiger partial charge in [-0.05, 0) is 36.8 Å². The number of carbonyl (C=O) groups is 1. The number of hydrogen-bond donors (Lipinski definition) is 0.